The first-order chi connectivity index (χ1) is 9.31. The number of hydrogen-bond donors (Lipinski definition) is 1. The maximum Gasteiger partial charge on any atom is 0.0948 e. The first-order valence-corrected chi connectivity index (χ1v) is 7.91. The van der Waals surface area contributed by atoms with Crippen molar-refractivity contribution >= 4 is 17.0 Å². The lowest BCUT2D eigenvalue weighted by atomic mass is 10.0. The van der Waals surface area contributed by atoms with E-state index in [-0.39, 0.29) is 0 Å². The van der Waals surface area contributed by atoms with Crippen molar-refractivity contribution in [2.24, 2.45) is 0 Å². The molecule has 0 unspecified atom stereocenters. The maximum absolute atomic E-state index is 4.78. The second-order valence-corrected chi connectivity index (χ2v) is 6.40. The highest BCUT2D eigenvalue weighted by atomic mass is 32.1. The predicted octanol–water partition coefficient (Wildman–Crippen LogP) is 3.98. The van der Waals surface area contributed by atoms with E-state index in [1.807, 2.05) is 11.3 Å². The number of aromatic nitrogens is 1. The summed E-state index contributed by atoms with van der Waals surface area (Å²) >= 11 is 1.92. The summed E-state index contributed by atoms with van der Waals surface area (Å²) < 4.78 is 0. The van der Waals surface area contributed by atoms with Crippen LogP contribution < -0.4 is 5.32 Å². The van der Waals surface area contributed by atoms with E-state index in [1.165, 1.54) is 52.5 Å². The van der Waals surface area contributed by atoms with Gasteiger partial charge in [-0.25, -0.2) is 4.98 Å². The molecule has 0 amide bonds. The molecule has 1 aliphatic carbocycles. The standard InChI is InChI=1S/C16H20N2S/c1-12-5-4-6-13(11-12)17-10-9-16-18-14-7-2-3-8-15(14)19-16/h4-6,11,17H,2-3,7-10H2,1H3. The average Bonchev–Trinajstić information content (AvgIpc) is 2.81. The molecule has 0 bridgehead atoms. The second-order valence-electron chi connectivity index (χ2n) is 5.23. The summed E-state index contributed by atoms with van der Waals surface area (Å²) in [4.78, 5) is 6.32. The normalized spacial score (nSPS) is 14.2. The van der Waals surface area contributed by atoms with Gasteiger partial charge in [-0.05, 0) is 50.3 Å². The van der Waals surface area contributed by atoms with Crippen molar-refractivity contribution in [2.75, 3.05) is 11.9 Å². The number of hydrogen-bond acceptors (Lipinski definition) is 3. The Morgan fingerprint density at radius 3 is 3.00 bits per heavy atom. The Hall–Kier alpha value is -1.35. The lowest BCUT2D eigenvalue weighted by Gasteiger charge is -2.06. The van der Waals surface area contributed by atoms with Crippen LogP contribution >= 0.6 is 11.3 Å². The van der Waals surface area contributed by atoms with Gasteiger partial charge in [0.2, 0.25) is 0 Å². The van der Waals surface area contributed by atoms with Gasteiger partial charge < -0.3 is 5.32 Å². The summed E-state index contributed by atoms with van der Waals surface area (Å²) in [7, 11) is 0. The van der Waals surface area contributed by atoms with Crippen LogP contribution in [-0.4, -0.2) is 11.5 Å². The summed E-state index contributed by atoms with van der Waals surface area (Å²) in [6.07, 6.45) is 6.13. The Morgan fingerprint density at radius 2 is 2.16 bits per heavy atom. The van der Waals surface area contributed by atoms with E-state index < -0.39 is 0 Å². The molecule has 0 fully saturated rings. The van der Waals surface area contributed by atoms with Gasteiger partial charge in [0, 0.05) is 23.5 Å². The largest absolute Gasteiger partial charge is 0.385 e. The fourth-order valence-electron chi connectivity index (χ4n) is 2.58. The Balaban J connectivity index is 1.56. The van der Waals surface area contributed by atoms with Crippen LogP contribution in [0.15, 0.2) is 24.3 Å². The molecule has 1 aromatic carbocycles. The van der Waals surface area contributed by atoms with Crippen LogP contribution in [-0.2, 0) is 19.3 Å². The molecule has 0 radical (unpaired) electrons. The van der Waals surface area contributed by atoms with E-state index in [4.69, 9.17) is 4.98 Å². The van der Waals surface area contributed by atoms with Crippen molar-refractivity contribution in [1.29, 1.82) is 0 Å². The molecule has 1 heterocycles. The molecule has 0 saturated heterocycles. The zero-order valence-corrected chi connectivity index (χ0v) is 12.2. The molecule has 2 nitrogen and oxygen atoms in total. The van der Waals surface area contributed by atoms with Crippen LogP contribution in [0, 0.1) is 6.92 Å². The van der Waals surface area contributed by atoms with Crippen LogP contribution in [0.5, 0.6) is 0 Å². The lowest BCUT2D eigenvalue weighted by Crippen LogP contribution is -2.05. The quantitative estimate of drug-likeness (QED) is 0.910. The fraction of sp³-hybridized carbons (Fsp3) is 0.438. The summed E-state index contributed by atoms with van der Waals surface area (Å²) in [6, 6.07) is 8.53. The number of nitrogens with one attached hydrogen (secondary N) is 1. The van der Waals surface area contributed by atoms with Crippen LogP contribution in [0.3, 0.4) is 0 Å². The van der Waals surface area contributed by atoms with Crippen molar-refractivity contribution in [3.63, 3.8) is 0 Å². The molecule has 0 spiro atoms. The van der Waals surface area contributed by atoms with Crippen LogP contribution in [0.25, 0.3) is 0 Å². The number of fused-ring (bicyclic) bond motifs is 1. The minimum Gasteiger partial charge on any atom is -0.385 e. The molecular formula is C16H20N2S. The van der Waals surface area contributed by atoms with Crippen molar-refractivity contribution in [2.45, 2.75) is 39.0 Å². The summed E-state index contributed by atoms with van der Waals surface area (Å²) in [5, 5.41) is 4.78. The average molecular weight is 272 g/mol. The molecule has 3 heteroatoms. The van der Waals surface area contributed by atoms with Gasteiger partial charge in [-0.2, -0.15) is 0 Å². The fourth-order valence-corrected chi connectivity index (χ4v) is 3.74. The van der Waals surface area contributed by atoms with Gasteiger partial charge in [0.1, 0.15) is 0 Å². The Morgan fingerprint density at radius 1 is 1.26 bits per heavy atom. The minimum absolute atomic E-state index is 0.968. The Labute approximate surface area is 118 Å². The molecule has 0 aliphatic heterocycles. The van der Waals surface area contributed by atoms with Gasteiger partial charge in [0.25, 0.3) is 0 Å². The Kier molecular flexibility index (Phi) is 3.83. The summed E-state index contributed by atoms with van der Waals surface area (Å²) in [5.74, 6) is 0. The highest BCUT2D eigenvalue weighted by Crippen LogP contribution is 2.26. The van der Waals surface area contributed by atoms with Crippen molar-refractivity contribution in [3.8, 4) is 0 Å². The van der Waals surface area contributed by atoms with Gasteiger partial charge in [-0.15, -0.1) is 11.3 Å². The highest BCUT2D eigenvalue weighted by molar-refractivity contribution is 7.11. The molecule has 3 rings (SSSR count). The maximum atomic E-state index is 4.78. The SMILES string of the molecule is Cc1cccc(NCCc2nc3c(s2)CCCC3)c1. The zero-order chi connectivity index (χ0) is 13.1. The Bertz CT molecular complexity index is 536. The van der Waals surface area contributed by atoms with Crippen molar-refractivity contribution < 1.29 is 0 Å². The van der Waals surface area contributed by atoms with E-state index >= 15 is 0 Å². The van der Waals surface area contributed by atoms with E-state index in [2.05, 4.69) is 36.5 Å². The number of thiazole rings is 1. The molecule has 0 atom stereocenters. The number of anilines is 1. The molecular weight excluding hydrogens is 252 g/mol. The third-order valence-corrected chi connectivity index (χ3v) is 4.79. The predicted molar refractivity (Wildman–Crippen MR) is 82.1 cm³/mol. The molecule has 1 aliphatic rings. The van der Waals surface area contributed by atoms with Gasteiger partial charge in [-0.1, -0.05) is 12.1 Å². The van der Waals surface area contributed by atoms with Gasteiger partial charge in [0.15, 0.2) is 0 Å². The van der Waals surface area contributed by atoms with Crippen LogP contribution in [0.1, 0.15) is 34.0 Å². The number of nitrogens with zero attached hydrogens (tertiary/aromatic N) is 1. The molecule has 19 heavy (non-hydrogen) atoms. The van der Waals surface area contributed by atoms with E-state index in [9.17, 15) is 0 Å². The van der Waals surface area contributed by atoms with E-state index in [0.717, 1.165) is 13.0 Å². The zero-order valence-electron chi connectivity index (χ0n) is 11.4. The van der Waals surface area contributed by atoms with E-state index in [0.29, 0.717) is 0 Å². The minimum atomic E-state index is 0.968. The van der Waals surface area contributed by atoms with E-state index in [1.54, 1.807) is 0 Å². The van der Waals surface area contributed by atoms with Crippen molar-refractivity contribution in [1.82, 2.24) is 4.98 Å². The molecule has 100 valence electrons. The number of benzene rings is 1. The first kappa shape index (κ1) is 12.7. The van der Waals surface area contributed by atoms with Crippen LogP contribution in [0.4, 0.5) is 5.69 Å². The van der Waals surface area contributed by atoms with Crippen LogP contribution in [0.2, 0.25) is 0 Å². The van der Waals surface area contributed by atoms with Gasteiger partial charge in [0.05, 0.1) is 10.7 Å². The molecule has 1 N–H and O–H groups in total. The lowest BCUT2D eigenvalue weighted by molar-refractivity contribution is 0.680. The second kappa shape index (κ2) is 5.74. The summed E-state index contributed by atoms with van der Waals surface area (Å²) in [6.45, 7) is 3.09. The highest BCUT2D eigenvalue weighted by Gasteiger charge is 2.14. The topological polar surface area (TPSA) is 24.9 Å². The van der Waals surface area contributed by atoms with Crippen molar-refractivity contribution in [3.05, 3.63) is 45.4 Å². The summed E-state index contributed by atoms with van der Waals surface area (Å²) in [5.41, 5.74) is 3.89. The molecule has 2 aromatic rings. The smallest absolute Gasteiger partial charge is 0.0948 e. The van der Waals surface area contributed by atoms with Gasteiger partial charge in [-0.3, -0.25) is 0 Å². The molecule has 0 saturated carbocycles. The number of rotatable bonds is 4. The first-order valence-electron chi connectivity index (χ1n) is 7.09. The number of aryl methyl sites for hydroxylation is 3. The third-order valence-electron chi connectivity index (χ3n) is 3.58. The monoisotopic (exact) mass is 272 g/mol. The third kappa shape index (κ3) is 3.16. The molecule has 1 aromatic heterocycles. The van der Waals surface area contributed by atoms with Gasteiger partial charge >= 0.3 is 0 Å².